The first-order chi connectivity index (χ1) is 14.0. The van der Waals surface area contributed by atoms with Crippen molar-refractivity contribution in [1.82, 2.24) is 15.5 Å². The van der Waals surface area contributed by atoms with Gasteiger partial charge in [0.15, 0.2) is 0 Å². The Morgan fingerprint density at radius 2 is 2.00 bits per heavy atom. The lowest BCUT2D eigenvalue weighted by Gasteiger charge is -2.19. The minimum Gasteiger partial charge on any atom is -0.497 e. The number of carbonyl (C=O) groups excluding carboxylic acids is 3. The number of allylic oxidation sites excluding steroid dienone is 2. The van der Waals surface area contributed by atoms with E-state index in [-0.39, 0.29) is 24.8 Å². The lowest BCUT2D eigenvalue weighted by Crippen LogP contribution is -2.38. The predicted molar refractivity (Wildman–Crippen MR) is 107 cm³/mol. The Balaban J connectivity index is 1.23. The first kappa shape index (κ1) is 19.5. The fourth-order valence-electron chi connectivity index (χ4n) is 4.59. The molecule has 4 rings (SSSR count). The van der Waals surface area contributed by atoms with Crippen LogP contribution in [0.4, 0.5) is 4.79 Å². The number of ether oxygens (including phenoxy) is 1. The maximum Gasteiger partial charge on any atom is 0.324 e. The van der Waals surface area contributed by atoms with Gasteiger partial charge < -0.3 is 15.4 Å². The van der Waals surface area contributed by atoms with E-state index < -0.39 is 12.1 Å². The number of carbonyl (C=O) groups is 3. The summed E-state index contributed by atoms with van der Waals surface area (Å²) in [5.41, 5.74) is 1.01. The van der Waals surface area contributed by atoms with Crippen LogP contribution in [0.3, 0.4) is 0 Å². The Hall–Kier alpha value is -2.83. The highest BCUT2D eigenvalue weighted by molar-refractivity contribution is 6.05. The summed E-state index contributed by atoms with van der Waals surface area (Å²) in [6, 6.07) is 6.30. The fourth-order valence-corrected chi connectivity index (χ4v) is 4.59. The average Bonchev–Trinajstić information content (AvgIpc) is 3.41. The number of hydrogen-bond donors (Lipinski definition) is 2. The second-order valence-electron chi connectivity index (χ2n) is 8.14. The van der Waals surface area contributed by atoms with Gasteiger partial charge in [-0.15, -0.1) is 0 Å². The normalized spacial score (nSPS) is 27.4. The van der Waals surface area contributed by atoms with Crippen molar-refractivity contribution in [1.29, 1.82) is 0 Å². The van der Waals surface area contributed by atoms with E-state index in [0.29, 0.717) is 30.7 Å². The van der Waals surface area contributed by atoms with Gasteiger partial charge in [-0.3, -0.25) is 14.5 Å². The van der Waals surface area contributed by atoms with E-state index in [1.807, 2.05) is 24.3 Å². The molecule has 2 N–H and O–H groups in total. The van der Waals surface area contributed by atoms with Gasteiger partial charge in [-0.2, -0.15) is 0 Å². The lowest BCUT2D eigenvalue weighted by atomic mass is 9.93. The van der Waals surface area contributed by atoms with Crippen molar-refractivity contribution in [2.24, 2.45) is 17.8 Å². The van der Waals surface area contributed by atoms with E-state index in [9.17, 15) is 14.4 Å². The molecule has 1 heterocycles. The average molecular weight is 397 g/mol. The number of methoxy groups -OCH3 is 1. The summed E-state index contributed by atoms with van der Waals surface area (Å²) in [7, 11) is 1.60. The quantitative estimate of drug-likeness (QED) is 0.518. The molecular weight excluding hydrogens is 370 g/mol. The van der Waals surface area contributed by atoms with Crippen LogP contribution < -0.4 is 15.4 Å². The van der Waals surface area contributed by atoms with Crippen LogP contribution in [0, 0.1) is 17.8 Å². The maximum atomic E-state index is 12.6. The third-order valence-corrected chi connectivity index (χ3v) is 6.26. The number of benzene rings is 1. The number of urea groups is 1. The highest BCUT2D eigenvalue weighted by Gasteiger charge is 2.39. The molecule has 1 saturated heterocycles. The monoisotopic (exact) mass is 397 g/mol. The number of amides is 4. The topological polar surface area (TPSA) is 87.7 Å². The largest absolute Gasteiger partial charge is 0.497 e. The minimum atomic E-state index is -0.779. The van der Waals surface area contributed by atoms with Crippen molar-refractivity contribution in [2.45, 2.75) is 31.7 Å². The molecule has 29 heavy (non-hydrogen) atoms. The van der Waals surface area contributed by atoms with Gasteiger partial charge in [0.1, 0.15) is 11.8 Å². The second kappa shape index (κ2) is 8.27. The predicted octanol–water partition coefficient (Wildman–Crippen LogP) is 1.88. The molecule has 7 heteroatoms. The molecule has 0 radical (unpaired) electrons. The first-order valence-electron chi connectivity index (χ1n) is 10.2. The summed E-state index contributed by atoms with van der Waals surface area (Å²) in [4.78, 5) is 38.3. The Morgan fingerprint density at radius 1 is 1.21 bits per heavy atom. The molecule has 1 aliphatic heterocycles. The molecule has 7 nitrogen and oxygen atoms in total. The van der Waals surface area contributed by atoms with Gasteiger partial charge in [0.05, 0.1) is 13.5 Å². The van der Waals surface area contributed by atoms with Gasteiger partial charge in [0.25, 0.3) is 5.91 Å². The summed E-state index contributed by atoms with van der Waals surface area (Å²) >= 11 is 0. The van der Waals surface area contributed by atoms with E-state index in [1.54, 1.807) is 7.11 Å². The van der Waals surface area contributed by atoms with Crippen LogP contribution in [0.5, 0.6) is 5.75 Å². The standard InChI is InChI=1S/C22H27N3O4/c1-29-18-6-3-14(4-7-18)8-9-25-21(27)19(24-22(25)28)12-20(26)23-13-17-11-15-2-5-16(17)10-15/h2-7,15-17,19H,8-13H2,1H3,(H,23,26)(H,24,28)/t15-,16-,17+,19+/m0/s1. The van der Waals surface area contributed by atoms with E-state index in [2.05, 4.69) is 22.8 Å². The zero-order valence-corrected chi connectivity index (χ0v) is 16.6. The Labute approximate surface area is 170 Å². The van der Waals surface area contributed by atoms with Crippen LogP contribution in [-0.4, -0.2) is 49.0 Å². The second-order valence-corrected chi connectivity index (χ2v) is 8.14. The Bertz CT molecular complexity index is 820. The highest BCUT2D eigenvalue weighted by Crippen LogP contribution is 2.42. The van der Waals surface area contributed by atoms with E-state index in [0.717, 1.165) is 17.7 Å². The van der Waals surface area contributed by atoms with Crippen LogP contribution in [0.25, 0.3) is 0 Å². The first-order valence-corrected chi connectivity index (χ1v) is 10.2. The van der Waals surface area contributed by atoms with Crippen molar-refractivity contribution in [3.63, 3.8) is 0 Å². The summed E-state index contributed by atoms with van der Waals surface area (Å²) in [6.07, 6.45) is 7.39. The van der Waals surface area contributed by atoms with E-state index >= 15 is 0 Å². The molecule has 2 aliphatic carbocycles. The molecule has 3 aliphatic rings. The van der Waals surface area contributed by atoms with Crippen LogP contribution >= 0.6 is 0 Å². The molecule has 2 bridgehead atoms. The fraction of sp³-hybridized carbons (Fsp3) is 0.500. The number of nitrogens with one attached hydrogen (secondary N) is 2. The molecule has 154 valence electrons. The summed E-state index contributed by atoms with van der Waals surface area (Å²) in [5, 5.41) is 5.59. The third kappa shape index (κ3) is 4.28. The summed E-state index contributed by atoms with van der Waals surface area (Å²) in [5.74, 6) is 1.97. The van der Waals surface area contributed by atoms with E-state index in [4.69, 9.17) is 4.74 Å². The minimum absolute atomic E-state index is 0.0136. The van der Waals surface area contributed by atoms with Crippen LogP contribution in [0.2, 0.25) is 0 Å². The van der Waals surface area contributed by atoms with Crippen molar-refractivity contribution in [3.05, 3.63) is 42.0 Å². The van der Waals surface area contributed by atoms with E-state index in [1.165, 1.54) is 11.3 Å². The third-order valence-electron chi connectivity index (χ3n) is 6.26. The highest BCUT2D eigenvalue weighted by atomic mass is 16.5. The van der Waals surface area contributed by atoms with Gasteiger partial charge in [-0.25, -0.2) is 4.79 Å². The van der Waals surface area contributed by atoms with Crippen molar-refractivity contribution in [2.75, 3.05) is 20.2 Å². The lowest BCUT2D eigenvalue weighted by molar-refractivity contribution is -0.130. The number of rotatable bonds is 8. The van der Waals surface area contributed by atoms with Gasteiger partial charge in [0, 0.05) is 13.1 Å². The molecular formula is C22H27N3O4. The van der Waals surface area contributed by atoms with Crippen LogP contribution in [-0.2, 0) is 16.0 Å². The number of nitrogens with zero attached hydrogens (tertiary/aromatic N) is 1. The smallest absolute Gasteiger partial charge is 0.324 e. The number of imide groups is 1. The molecule has 2 fully saturated rings. The van der Waals surface area contributed by atoms with Crippen LogP contribution in [0.15, 0.2) is 36.4 Å². The van der Waals surface area contributed by atoms with Gasteiger partial charge in [-0.1, -0.05) is 24.3 Å². The molecule has 0 spiro atoms. The molecule has 0 unspecified atom stereocenters. The van der Waals surface area contributed by atoms with Gasteiger partial charge in [-0.05, 0) is 54.7 Å². The van der Waals surface area contributed by atoms with Crippen molar-refractivity contribution < 1.29 is 19.1 Å². The summed E-state index contributed by atoms with van der Waals surface area (Å²) < 4.78 is 5.13. The Kier molecular flexibility index (Phi) is 5.56. The van der Waals surface area contributed by atoms with Crippen molar-refractivity contribution in [3.8, 4) is 5.75 Å². The number of hydrogen-bond acceptors (Lipinski definition) is 4. The van der Waals surface area contributed by atoms with Crippen LogP contribution in [0.1, 0.15) is 24.8 Å². The molecule has 4 atom stereocenters. The molecule has 1 aromatic rings. The van der Waals surface area contributed by atoms with Gasteiger partial charge in [0.2, 0.25) is 5.91 Å². The Morgan fingerprint density at radius 3 is 2.66 bits per heavy atom. The van der Waals surface area contributed by atoms with Crippen molar-refractivity contribution >= 4 is 17.8 Å². The zero-order chi connectivity index (χ0) is 20.4. The molecule has 0 aromatic heterocycles. The molecule has 1 aromatic carbocycles. The molecule has 1 saturated carbocycles. The molecule has 4 amide bonds. The summed E-state index contributed by atoms with van der Waals surface area (Å²) in [6.45, 7) is 0.924. The SMILES string of the molecule is COc1ccc(CCN2C(=O)N[C@H](CC(=O)NC[C@H]3C[C@H]4C=C[C@H]3C4)C2=O)cc1. The zero-order valence-electron chi connectivity index (χ0n) is 16.6. The van der Waals surface area contributed by atoms with Gasteiger partial charge >= 0.3 is 6.03 Å². The maximum absolute atomic E-state index is 12.6. The number of fused-ring (bicyclic) bond motifs is 2.